The summed E-state index contributed by atoms with van der Waals surface area (Å²) in [4.78, 5) is 30.3. The van der Waals surface area contributed by atoms with Gasteiger partial charge in [-0.2, -0.15) is 5.10 Å². The van der Waals surface area contributed by atoms with Crippen molar-refractivity contribution in [3.8, 4) is 0 Å². The van der Waals surface area contributed by atoms with Crippen LogP contribution in [0.3, 0.4) is 0 Å². The first kappa shape index (κ1) is 17.6. The van der Waals surface area contributed by atoms with Crippen LogP contribution in [0, 0.1) is 13.8 Å². The molecule has 26 heavy (non-hydrogen) atoms. The van der Waals surface area contributed by atoms with Gasteiger partial charge in [-0.05, 0) is 26.3 Å². The summed E-state index contributed by atoms with van der Waals surface area (Å²) in [6.07, 6.45) is 1.49. The highest BCUT2D eigenvalue weighted by Gasteiger charge is 2.28. The SMILES string of the molecule is Cc1cc2ncc(C(=O)N(Cc3ccccc3)C(C)C(=O)O)c(C)n2n1. The van der Waals surface area contributed by atoms with Gasteiger partial charge in [0.1, 0.15) is 6.04 Å². The third-order valence-electron chi connectivity index (χ3n) is 4.36. The van der Waals surface area contributed by atoms with Gasteiger partial charge in [-0.3, -0.25) is 4.79 Å². The molecule has 7 heteroatoms. The quantitative estimate of drug-likeness (QED) is 0.762. The largest absolute Gasteiger partial charge is 0.480 e. The molecule has 1 aromatic carbocycles. The molecule has 0 radical (unpaired) electrons. The van der Waals surface area contributed by atoms with Crippen LogP contribution in [0.5, 0.6) is 0 Å². The van der Waals surface area contributed by atoms with E-state index in [0.717, 1.165) is 11.3 Å². The minimum atomic E-state index is -1.06. The molecular weight excluding hydrogens is 332 g/mol. The van der Waals surface area contributed by atoms with E-state index in [0.29, 0.717) is 16.9 Å². The van der Waals surface area contributed by atoms with Crippen LogP contribution in [0.15, 0.2) is 42.6 Å². The first-order valence-electron chi connectivity index (χ1n) is 8.28. The Bertz CT molecular complexity index is 966. The minimum Gasteiger partial charge on any atom is -0.480 e. The zero-order valence-electron chi connectivity index (χ0n) is 14.9. The van der Waals surface area contributed by atoms with E-state index in [-0.39, 0.29) is 12.5 Å². The highest BCUT2D eigenvalue weighted by Crippen LogP contribution is 2.17. The van der Waals surface area contributed by atoms with Gasteiger partial charge >= 0.3 is 5.97 Å². The number of amides is 1. The highest BCUT2D eigenvalue weighted by atomic mass is 16.4. The Balaban J connectivity index is 2.01. The van der Waals surface area contributed by atoms with Gasteiger partial charge in [-0.1, -0.05) is 30.3 Å². The molecular formula is C19H20N4O3. The van der Waals surface area contributed by atoms with Crippen LogP contribution in [-0.4, -0.2) is 42.5 Å². The maximum absolute atomic E-state index is 13.1. The number of benzene rings is 1. The average molecular weight is 352 g/mol. The second-order valence-electron chi connectivity index (χ2n) is 6.25. The normalized spacial score (nSPS) is 12.1. The average Bonchev–Trinajstić information content (AvgIpc) is 3.01. The monoisotopic (exact) mass is 352 g/mol. The molecule has 3 rings (SSSR count). The second-order valence-corrected chi connectivity index (χ2v) is 6.25. The van der Waals surface area contributed by atoms with Crippen LogP contribution in [0.1, 0.15) is 34.2 Å². The molecule has 1 atom stereocenters. The van der Waals surface area contributed by atoms with E-state index in [4.69, 9.17) is 0 Å². The lowest BCUT2D eigenvalue weighted by atomic mass is 10.1. The standard InChI is InChI=1S/C19H20N4O3/c1-12-9-17-20-10-16(13(2)23(17)21-12)18(24)22(14(3)19(25)26)11-15-7-5-4-6-8-15/h4-10,14H,11H2,1-3H3,(H,25,26). The lowest BCUT2D eigenvalue weighted by Crippen LogP contribution is -2.43. The molecule has 0 fully saturated rings. The summed E-state index contributed by atoms with van der Waals surface area (Å²) in [5.74, 6) is -1.44. The van der Waals surface area contributed by atoms with Crippen molar-refractivity contribution in [3.63, 3.8) is 0 Å². The van der Waals surface area contributed by atoms with Gasteiger partial charge in [0.05, 0.1) is 17.0 Å². The molecule has 0 saturated carbocycles. The zero-order chi connectivity index (χ0) is 18.8. The topological polar surface area (TPSA) is 87.8 Å². The second kappa shape index (κ2) is 6.95. The van der Waals surface area contributed by atoms with Gasteiger partial charge < -0.3 is 10.0 Å². The Morgan fingerprint density at radius 1 is 1.23 bits per heavy atom. The predicted molar refractivity (Wildman–Crippen MR) is 95.9 cm³/mol. The Labute approximate surface area is 150 Å². The minimum absolute atomic E-state index is 0.197. The van der Waals surface area contributed by atoms with Crippen LogP contribution in [0.25, 0.3) is 5.65 Å². The number of aliphatic carboxylic acids is 1. The van der Waals surface area contributed by atoms with Crippen molar-refractivity contribution in [1.29, 1.82) is 0 Å². The fraction of sp³-hybridized carbons (Fsp3) is 0.263. The lowest BCUT2D eigenvalue weighted by Gasteiger charge is -2.27. The molecule has 2 aromatic heterocycles. The van der Waals surface area contributed by atoms with Crippen LogP contribution >= 0.6 is 0 Å². The van der Waals surface area contributed by atoms with Gasteiger partial charge in [0.2, 0.25) is 0 Å². The summed E-state index contributed by atoms with van der Waals surface area (Å²) in [5.41, 5.74) is 3.27. The molecule has 1 unspecified atom stereocenters. The summed E-state index contributed by atoms with van der Waals surface area (Å²) in [5, 5.41) is 13.8. The molecule has 3 aromatic rings. The Morgan fingerprint density at radius 2 is 1.92 bits per heavy atom. The maximum Gasteiger partial charge on any atom is 0.326 e. The number of fused-ring (bicyclic) bond motifs is 1. The molecule has 0 saturated heterocycles. The van der Waals surface area contributed by atoms with Crippen molar-refractivity contribution in [3.05, 3.63) is 65.1 Å². The van der Waals surface area contributed by atoms with Gasteiger partial charge in [0, 0.05) is 18.8 Å². The number of carbonyl (C=O) groups is 2. The summed E-state index contributed by atoms with van der Waals surface area (Å²) in [6.45, 7) is 5.33. The maximum atomic E-state index is 13.1. The number of carboxylic acid groups (broad SMARTS) is 1. The molecule has 134 valence electrons. The number of hydrogen-bond acceptors (Lipinski definition) is 4. The van der Waals surface area contributed by atoms with Crippen molar-refractivity contribution in [2.75, 3.05) is 0 Å². The van der Waals surface area contributed by atoms with Crippen LogP contribution in [0.2, 0.25) is 0 Å². The van der Waals surface area contributed by atoms with E-state index in [1.54, 1.807) is 11.4 Å². The molecule has 1 N–H and O–H groups in total. The van der Waals surface area contributed by atoms with Crippen molar-refractivity contribution in [2.24, 2.45) is 0 Å². The molecule has 0 aliphatic carbocycles. The Morgan fingerprint density at radius 3 is 2.58 bits per heavy atom. The third kappa shape index (κ3) is 3.28. The molecule has 0 aliphatic rings. The van der Waals surface area contributed by atoms with Crippen molar-refractivity contribution < 1.29 is 14.7 Å². The number of hydrogen-bond donors (Lipinski definition) is 1. The number of nitrogens with zero attached hydrogens (tertiary/aromatic N) is 4. The zero-order valence-corrected chi connectivity index (χ0v) is 14.9. The number of rotatable bonds is 5. The number of aromatic nitrogens is 3. The third-order valence-corrected chi connectivity index (χ3v) is 4.36. The Kier molecular flexibility index (Phi) is 4.71. The van der Waals surface area contributed by atoms with E-state index >= 15 is 0 Å². The smallest absolute Gasteiger partial charge is 0.326 e. The van der Waals surface area contributed by atoms with Gasteiger partial charge in [-0.15, -0.1) is 0 Å². The number of carbonyl (C=O) groups excluding carboxylic acids is 1. The van der Waals surface area contributed by atoms with Gasteiger partial charge in [0.15, 0.2) is 5.65 Å². The fourth-order valence-electron chi connectivity index (χ4n) is 2.83. The first-order chi connectivity index (χ1) is 12.4. The first-order valence-corrected chi connectivity index (χ1v) is 8.28. The highest BCUT2D eigenvalue weighted by molar-refractivity contribution is 5.97. The molecule has 2 heterocycles. The number of aryl methyl sites for hydroxylation is 2. The molecule has 7 nitrogen and oxygen atoms in total. The van der Waals surface area contributed by atoms with Crippen LogP contribution in [-0.2, 0) is 11.3 Å². The van der Waals surface area contributed by atoms with Gasteiger partial charge in [-0.25, -0.2) is 14.3 Å². The predicted octanol–water partition coefficient (Wildman–Crippen LogP) is 2.46. The lowest BCUT2D eigenvalue weighted by molar-refractivity contribution is -0.141. The Hall–Kier alpha value is -3.22. The summed E-state index contributed by atoms with van der Waals surface area (Å²) in [7, 11) is 0. The van der Waals surface area contributed by atoms with Crippen LogP contribution < -0.4 is 0 Å². The summed E-state index contributed by atoms with van der Waals surface area (Å²) >= 11 is 0. The molecule has 0 aliphatic heterocycles. The molecule has 1 amide bonds. The van der Waals surface area contributed by atoms with E-state index in [2.05, 4.69) is 10.1 Å². The fourth-order valence-corrected chi connectivity index (χ4v) is 2.83. The van der Waals surface area contributed by atoms with E-state index in [9.17, 15) is 14.7 Å². The van der Waals surface area contributed by atoms with Gasteiger partial charge in [0.25, 0.3) is 5.91 Å². The van der Waals surface area contributed by atoms with E-state index < -0.39 is 12.0 Å². The molecule has 0 spiro atoms. The van der Waals surface area contributed by atoms with Crippen LogP contribution in [0.4, 0.5) is 0 Å². The van der Waals surface area contributed by atoms with E-state index in [1.165, 1.54) is 18.0 Å². The van der Waals surface area contributed by atoms with Crippen molar-refractivity contribution >= 4 is 17.5 Å². The van der Waals surface area contributed by atoms with Crippen molar-refractivity contribution in [2.45, 2.75) is 33.4 Å². The summed E-state index contributed by atoms with van der Waals surface area (Å²) in [6, 6.07) is 10.2. The summed E-state index contributed by atoms with van der Waals surface area (Å²) < 4.78 is 1.61. The number of carboxylic acids is 1. The van der Waals surface area contributed by atoms with Crippen molar-refractivity contribution in [1.82, 2.24) is 19.5 Å². The molecule has 0 bridgehead atoms. The van der Waals surface area contributed by atoms with E-state index in [1.807, 2.05) is 43.3 Å².